The van der Waals surface area contributed by atoms with Gasteiger partial charge in [0.2, 0.25) is 0 Å². The number of aromatic nitrogens is 2. The average Bonchev–Trinajstić information content (AvgIpc) is 2.68. The molecule has 0 aliphatic heterocycles. The average molecular weight is 436 g/mol. The molecule has 0 aromatic carbocycles. The van der Waals surface area contributed by atoms with Crippen molar-refractivity contribution in [2.24, 2.45) is 12.0 Å². The van der Waals surface area contributed by atoms with Crippen LogP contribution in [0.15, 0.2) is 4.99 Å². The third-order valence-corrected chi connectivity index (χ3v) is 3.85. The lowest BCUT2D eigenvalue weighted by Gasteiger charge is -2.18. The van der Waals surface area contributed by atoms with E-state index in [1.165, 1.54) is 11.3 Å². The molecule has 134 valence electrons. The Morgan fingerprint density at radius 2 is 2.00 bits per heavy atom. The lowest BCUT2D eigenvalue weighted by molar-refractivity contribution is 0.399. The first-order chi connectivity index (χ1) is 10.3. The summed E-state index contributed by atoms with van der Waals surface area (Å²) in [7, 11) is 7.99. The highest BCUT2D eigenvalue weighted by molar-refractivity contribution is 14.0. The molecule has 1 rings (SSSR count). The van der Waals surface area contributed by atoms with Crippen molar-refractivity contribution in [3.8, 4) is 0 Å². The second kappa shape index (κ2) is 10.9. The van der Waals surface area contributed by atoms with E-state index in [1.54, 1.807) is 0 Å². The van der Waals surface area contributed by atoms with Crippen LogP contribution in [0.2, 0.25) is 0 Å². The van der Waals surface area contributed by atoms with Gasteiger partial charge < -0.3 is 15.5 Å². The fourth-order valence-corrected chi connectivity index (χ4v) is 2.50. The molecule has 1 heterocycles. The van der Waals surface area contributed by atoms with Crippen LogP contribution in [0.1, 0.15) is 30.3 Å². The minimum atomic E-state index is 0. The van der Waals surface area contributed by atoms with Gasteiger partial charge in [-0.1, -0.05) is 0 Å². The predicted octanol–water partition coefficient (Wildman–Crippen LogP) is 1.70. The zero-order valence-corrected chi connectivity index (χ0v) is 17.9. The number of halogens is 1. The molecule has 0 aliphatic carbocycles. The van der Waals surface area contributed by atoms with E-state index in [-0.39, 0.29) is 24.0 Å². The van der Waals surface area contributed by atoms with Gasteiger partial charge in [-0.15, -0.1) is 24.0 Å². The Hall–Kier alpha value is -0.830. The summed E-state index contributed by atoms with van der Waals surface area (Å²) in [6.45, 7) is 8.38. The molecule has 23 heavy (non-hydrogen) atoms. The first kappa shape index (κ1) is 22.2. The molecule has 0 saturated heterocycles. The Balaban J connectivity index is 0.00000484. The van der Waals surface area contributed by atoms with Crippen LogP contribution in [0.25, 0.3) is 0 Å². The van der Waals surface area contributed by atoms with Gasteiger partial charge in [0.1, 0.15) is 0 Å². The SMILES string of the molecule is CN=C(NCCCN(C)C)NC(C)Cc1c(C)nn(C)c1C.I. The van der Waals surface area contributed by atoms with Crippen LogP contribution in [0, 0.1) is 13.8 Å². The molecule has 0 saturated carbocycles. The monoisotopic (exact) mass is 436 g/mol. The zero-order valence-electron chi connectivity index (χ0n) is 15.6. The molecular weight excluding hydrogens is 403 g/mol. The topological polar surface area (TPSA) is 57.5 Å². The molecule has 2 N–H and O–H groups in total. The molecule has 1 aromatic rings. The minimum Gasteiger partial charge on any atom is -0.356 e. The lowest BCUT2D eigenvalue weighted by Crippen LogP contribution is -2.43. The standard InChI is InChI=1S/C16H32N6.HI/c1-12(11-15-13(2)20-22(7)14(15)3)19-16(17-4)18-9-8-10-21(5)6;/h12H,8-11H2,1-7H3,(H2,17,18,19);1H. The van der Waals surface area contributed by atoms with Crippen molar-refractivity contribution in [1.29, 1.82) is 0 Å². The van der Waals surface area contributed by atoms with Crippen molar-refractivity contribution < 1.29 is 0 Å². The molecule has 0 amide bonds. The van der Waals surface area contributed by atoms with Gasteiger partial charge in [0.15, 0.2) is 5.96 Å². The maximum Gasteiger partial charge on any atom is 0.191 e. The summed E-state index contributed by atoms with van der Waals surface area (Å²) in [6.07, 6.45) is 2.05. The summed E-state index contributed by atoms with van der Waals surface area (Å²) >= 11 is 0. The first-order valence-corrected chi connectivity index (χ1v) is 7.96. The van der Waals surface area contributed by atoms with E-state index in [9.17, 15) is 0 Å². The zero-order chi connectivity index (χ0) is 16.7. The Kier molecular flexibility index (Phi) is 10.5. The number of aliphatic imine (C=N–C) groups is 1. The molecule has 1 unspecified atom stereocenters. The van der Waals surface area contributed by atoms with E-state index in [1.807, 2.05) is 18.8 Å². The maximum atomic E-state index is 4.48. The quantitative estimate of drug-likeness (QED) is 0.296. The Morgan fingerprint density at radius 1 is 1.35 bits per heavy atom. The van der Waals surface area contributed by atoms with Crippen molar-refractivity contribution in [3.63, 3.8) is 0 Å². The number of hydrogen-bond acceptors (Lipinski definition) is 3. The van der Waals surface area contributed by atoms with Gasteiger partial charge in [-0.25, -0.2) is 0 Å². The maximum absolute atomic E-state index is 4.48. The van der Waals surface area contributed by atoms with Gasteiger partial charge in [0.05, 0.1) is 5.69 Å². The third-order valence-electron chi connectivity index (χ3n) is 3.85. The highest BCUT2D eigenvalue weighted by Gasteiger charge is 2.13. The van der Waals surface area contributed by atoms with Gasteiger partial charge in [-0.2, -0.15) is 5.10 Å². The van der Waals surface area contributed by atoms with E-state index < -0.39 is 0 Å². The van der Waals surface area contributed by atoms with Gasteiger partial charge in [0, 0.05) is 32.4 Å². The first-order valence-electron chi connectivity index (χ1n) is 7.96. The Labute approximate surface area is 158 Å². The Morgan fingerprint density at radius 3 is 2.48 bits per heavy atom. The number of rotatable bonds is 7. The van der Waals surface area contributed by atoms with Crippen LogP contribution in [0.4, 0.5) is 0 Å². The second-order valence-electron chi connectivity index (χ2n) is 6.18. The van der Waals surface area contributed by atoms with Crippen molar-refractivity contribution in [2.45, 2.75) is 39.7 Å². The Bertz CT molecular complexity index is 495. The predicted molar refractivity (Wildman–Crippen MR) is 109 cm³/mol. The highest BCUT2D eigenvalue weighted by atomic mass is 127. The summed E-state index contributed by atoms with van der Waals surface area (Å²) < 4.78 is 1.95. The lowest BCUT2D eigenvalue weighted by atomic mass is 10.1. The van der Waals surface area contributed by atoms with Gasteiger partial charge in [-0.05, 0) is 59.8 Å². The van der Waals surface area contributed by atoms with Crippen LogP contribution in [-0.2, 0) is 13.5 Å². The number of nitrogens with one attached hydrogen (secondary N) is 2. The van der Waals surface area contributed by atoms with Crippen molar-refractivity contribution in [3.05, 3.63) is 17.0 Å². The molecule has 6 nitrogen and oxygen atoms in total. The number of hydrogen-bond donors (Lipinski definition) is 2. The van der Waals surface area contributed by atoms with Crippen LogP contribution >= 0.6 is 24.0 Å². The highest BCUT2D eigenvalue weighted by Crippen LogP contribution is 2.13. The normalized spacial score (nSPS) is 13.0. The van der Waals surface area contributed by atoms with Crippen LogP contribution in [0.5, 0.6) is 0 Å². The van der Waals surface area contributed by atoms with Gasteiger partial charge in [-0.3, -0.25) is 9.67 Å². The van der Waals surface area contributed by atoms with E-state index in [2.05, 4.69) is 60.5 Å². The molecule has 0 radical (unpaired) electrons. The summed E-state index contributed by atoms with van der Waals surface area (Å²) in [5, 5.41) is 11.3. The number of guanidine groups is 1. The van der Waals surface area contributed by atoms with Crippen LogP contribution < -0.4 is 10.6 Å². The number of aryl methyl sites for hydroxylation is 2. The fraction of sp³-hybridized carbons (Fsp3) is 0.750. The van der Waals surface area contributed by atoms with E-state index in [4.69, 9.17) is 0 Å². The third kappa shape index (κ3) is 7.52. The largest absolute Gasteiger partial charge is 0.356 e. The van der Waals surface area contributed by atoms with Gasteiger partial charge >= 0.3 is 0 Å². The van der Waals surface area contributed by atoms with E-state index in [0.717, 1.165) is 37.6 Å². The molecule has 0 fully saturated rings. The fourth-order valence-electron chi connectivity index (χ4n) is 2.50. The number of nitrogens with zero attached hydrogens (tertiary/aromatic N) is 4. The van der Waals surface area contributed by atoms with E-state index >= 15 is 0 Å². The van der Waals surface area contributed by atoms with Crippen molar-refractivity contribution in [2.75, 3.05) is 34.2 Å². The molecule has 7 heteroatoms. The summed E-state index contributed by atoms with van der Waals surface area (Å²) in [5.74, 6) is 0.866. The molecule has 1 atom stereocenters. The second-order valence-corrected chi connectivity index (χ2v) is 6.18. The molecule has 0 spiro atoms. The van der Waals surface area contributed by atoms with Crippen molar-refractivity contribution >= 4 is 29.9 Å². The molecule has 1 aromatic heterocycles. The minimum absolute atomic E-state index is 0. The molecule has 0 aliphatic rings. The van der Waals surface area contributed by atoms with Crippen LogP contribution in [-0.4, -0.2) is 60.9 Å². The van der Waals surface area contributed by atoms with E-state index in [0.29, 0.717) is 6.04 Å². The van der Waals surface area contributed by atoms with Crippen LogP contribution in [0.3, 0.4) is 0 Å². The molecule has 0 bridgehead atoms. The molecular formula is C16H33IN6. The summed E-state index contributed by atoms with van der Waals surface area (Å²) in [4.78, 5) is 6.49. The summed E-state index contributed by atoms with van der Waals surface area (Å²) in [6, 6.07) is 0.307. The van der Waals surface area contributed by atoms with Gasteiger partial charge in [0.25, 0.3) is 0 Å². The summed E-state index contributed by atoms with van der Waals surface area (Å²) in [5.41, 5.74) is 3.67. The smallest absolute Gasteiger partial charge is 0.191 e. The van der Waals surface area contributed by atoms with Crippen molar-refractivity contribution in [1.82, 2.24) is 25.3 Å².